The number of carbonyl (C=O) groups excluding carboxylic acids is 4. The van der Waals surface area contributed by atoms with Gasteiger partial charge in [-0.05, 0) is 118 Å². The molecule has 4 bridgehead atoms. The number of aliphatic hydroxyl groups is 2. The Morgan fingerprint density at radius 2 is 0.977 bits per heavy atom. The number of nitrogens with two attached hydrogens (primary N) is 1. The number of carbonyl (C=O) groups is 4. The van der Waals surface area contributed by atoms with Gasteiger partial charge in [-0.2, -0.15) is 0 Å². The highest BCUT2D eigenvalue weighted by Crippen LogP contribution is 2.57. The summed E-state index contributed by atoms with van der Waals surface area (Å²) in [5, 5.41) is 18.5. The van der Waals surface area contributed by atoms with Crippen molar-refractivity contribution in [3.8, 4) is 0 Å². The van der Waals surface area contributed by atoms with E-state index in [2.05, 4.69) is 4.74 Å². The number of imide groups is 1. The van der Waals surface area contributed by atoms with Crippen molar-refractivity contribution in [3.63, 3.8) is 0 Å². The average Bonchev–Trinajstić information content (AvgIpc) is 3.89. The molecule has 4 N–H and O–H groups in total. The lowest BCUT2D eigenvalue weighted by molar-refractivity contribution is -0.155. The van der Waals surface area contributed by atoms with Crippen molar-refractivity contribution in [1.29, 1.82) is 0 Å². The summed E-state index contributed by atoms with van der Waals surface area (Å²) in [7, 11) is 0. The number of aliphatic hydroxyl groups excluding tert-OH is 2. The first-order valence-corrected chi connectivity index (χ1v) is 17.4. The van der Waals surface area contributed by atoms with Crippen LogP contribution in [-0.4, -0.2) is 65.2 Å². The van der Waals surface area contributed by atoms with Gasteiger partial charge < -0.3 is 20.7 Å². The molecule has 0 aromatic rings. The molecule has 6 saturated carbocycles. The van der Waals surface area contributed by atoms with Gasteiger partial charge in [0.05, 0.1) is 23.7 Å². The molecule has 44 heavy (non-hydrogen) atoms. The zero-order chi connectivity index (χ0) is 30.2. The summed E-state index contributed by atoms with van der Waals surface area (Å²) >= 11 is 0. The van der Waals surface area contributed by atoms with Crippen molar-refractivity contribution in [2.24, 2.45) is 76.7 Å². The number of nitrogens with zero attached hydrogens (tertiary/aromatic N) is 1. The number of ether oxygens (including phenoxy) is 1. The molecule has 8 aliphatic rings. The number of hydrogen-bond acceptors (Lipinski definition) is 8. The molecule has 248 valence electrons. The van der Waals surface area contributed by atoms with Gasteiger partial charge in [0, 0.05) is 19.8 Å². The maximum absolute atomic E-state index is 12.7. The fourth-order valence-electron chi connectivity index (χ4n) is 10.7. The molecule has 6 aliphatic carbocycles. The largest absolute Gasteiger partial charge is 0.396 e. The molecule has 8 rings (SSSR count). The Morgan fingerprint density at radius 3 is 1.39 bits per heavy atom. The van der Waals surface area contributed by atoms with Gasteiger partial charge in [0.25, 0.3) is 0 Å². The van der Waals surface area contributed by atoms with Crippen molar-refractivity contribution < 1.29 is 34.1 Å². The van der Waals surface area contributed by atoms with E-state index in [1.807, 2.05) is 0 Å². The van der Waals surface area contributed by atoms with Crippen LogP contribution < -0.4 is 5.73 Å². The van der Waals surface area contributed by atoms with Crippen LogP contribution in [0.1, 0.15) is 97.3 Å². The fraction of sp³-hybridized carbons (Fsp3) is 0.886. The zero-order valence-corrected chi connectivity index (χ0v) is 25.6. The molecule has 9 nitrogen and oxygen atoms in total. The van der Waals surface area contributed by atoms with E-state index in [0.29, 0.717) is 54.6 Å². The van der Waals surface area contributed by atoms with Crippen molar-refractivity contribution >= 4 is 23.8 Å². The average molecular weight is 617 g/mol. The first kappa shape index (κ1) is 33.5. The van der Waals surface area contributed by atoms with Gasteiger partial charge in [0.1, 0.15) is 0 Å². The van der Waals surface area contributed by atoms with E-state index < -0.39 is 0 Å². The molecule has 2 saturated heterocycles. The van der Waals surface area contributed by atoms with E-state index in [1.54, 1.807) is 4.90 Å². The molecule has 0 unspecified atom stereocenters. The second-order valence-electron chi connectivity index (χ2n) is 15.0. The summed E-state index contributed by atoms with van der Waals surface area (Å²) in [5.41, 5.74) is 5.56. The Bertz CT molecular complexity index is 1000. The van der Waals surface area contributed by atoms with Gasteiger partial charge in [-0.15, -0.1) is 0 Å². The minimum atomic E-state index is -0.253. The number of esters is 2. The molecule has 2 amide bonds. The first-order chi connectivity index (χ1) is 20.9. The highest BCUT2D eigenvalue weighted by molar-refractivity contribution is 6.06. The molecule has 0 aromatic carbocycles. The van der Waals surface area contributed by atoms with Gasteiger partial charge in [-0.1, -0.05) is 33.1 Å². The zero-order valence-electron chi connectivity index (χ0n) is 25.6. The van der Waals surface area contributed by atoms with E-state index >= 15 is 0 Å². The highest BCUT2D eigenvalue weighted by atomic mass is 16.6. The van der Waals surface area contributed by atoms with Crippen LogP contribution in [0.25, 0.3) is 0 Å². The maximum Gasteiger partial charge on any atom is 0.317 e. The van der Waals surface area contributed by atoms with Crippen LogP contribution in [-0.2, 0) is 23.9 Å². The number of hydrogen-bond donors (Lipinski definition) is 3. The number of amides is 2. The Hall–Kier alpha value is -1.84. The predicted molar refractivity (Wildman–Crippen MR) is 164 cm³/mol. The van der Waals surface area contributed by atoms with Crippen LogP contribution in [0.3, 0.4) is 0 Å². The quantitative estimate of drug-likeness (QED) is 0.239. The van der Waals surface area contributed by atoms with Gasteiger partial charge in [-0.25, -0.2) is 0 Å². The normalized spacial score (nSPS) is 43.0. The van der Waals surface area contributed by atoms with Gasteiger partial charge in [-0.3, -0.25) is 24.1 Å². The van der Waals surface area contributed by atoms with E-state index in [-0.39, 0.29) is 67.4 Å². The number of fused-ring (bicyclic) bond motifs is 10. The van der Waals surface area contributed by atoms with Crippen LogP contribution in [0.4, 0.5) is 0 Å². The number of rotatable bonds is 5. The summed E-state index contributed by atoms with van der Waals surface area (Å²) in [6.07, 6.45) is 16.1. The second kappa shape index (κ2) is 14.3. The molecule has 0 aromatic heterocycles. The van der Waals surface area contributed by atoms with Crippen molar-refractivity contribution in [2.45, 2.75) is 97.3 Å². The minimum Gasteiger partial charge on any atom is -0.396 e. The monoisotopic (exact) mass is 616 g/mol. The molecular formula is C35H56N2O7. The number of cyclic esters (lactones) is 2. The third-order valence-corrected chi connectivity index (χ3v) is 13.0. The van der Waals surface area contributed by atoms with Gasteiger partial charge in [0.15, 0.2) is 0 Å². The van der Waals surface area contributed by atoms with Gasteiger partial charge in [0.2, 0.25) is 11.8 Å². The summed E-state index contributed by atoms with van der Waals surface area (Å²) in [5.74, 6) is 3.16. The van der Waals surface area contributed by atoms with Crippen LogP contribution in [0.2, 0.25) is 0 Å². The lowest BCUT2D eigenvalue weighted by atomic mass is 9.79. The molecule has 0 spiro atoms. The fourth-order valence-corrected chi connectivity index (χ4v) is 10.7. The van der Waals surface area contributed by atoms with E-state index in [4.69, 9.17) is 10.8 Å². The van der Waals surface area contributed by atoms with E-state index in [0.717, 1.165) is 64.3 Å². The number of likely N-dealkylation sites (tertiary alicyclic amines) is 1. The molecule has 8 fully saturated rings. The SMILES string of the molecule is C.NC[C@@H]1CCCC[C@H]1CO.O=C1OC(=O)[C@H]2[C@@H]3CC[C@@H](C3)[C@@H]12.O=C1[C@@H]2[C@H]3CC[C@H](C3)[C@@H]2C(=O)N1C[C@@H]1CCCC[C@H]1CO. The molecule has 2 aliphatic heterocycles. The van der Waals surface area contributed by atoms with Crippen LogP contribution >= 0.6 is 0 Å². The van der Waals surface area contributed by atoms with Crippen LogP contribution in [0.15, 0.2) is 0 Å². The third-order valence-electron chi connectivity index (χ3n) is 13.0. The summed E-state index contributed by atoms with van der Waals surface area (Å²) < 4.78 is 4.63. The summed E-state index contributed by atoms with van der Waals surface area (Å²) in [4.78, 5) is 49.4. The Labute approximate surface area is 263 Å². The second-order valence-corrected chi connectivity index (χ2v) is 15.0. The topological polar surface area (TPSA) is 147 Å². The standard InChI is InChI=1S/C17H25NO3.C9H10O3.C8H17NO.CH4/c19-9-13-4-2-1-3-12(13)8-18-16(20)14-10-5-6-11(7-10)15(14)17(18)21;10-8-6-4-1-2-5(3-4)7(6)9(11)12-8;9-5-7-3-1-2-4-8(7)6-10;/h10-15,19H,1-9H2;4-7H,1-3H2;7-8,10H,1-6,9H2;1H4/t10-,11+,12-,13-,14+,15-;4-,5+,6+,7-;7-,8-;/m0.0./s1. The van der Waals surface area contributed by atoms with Gasteiger partial charge >= 0.3 is 11.9 Å². The van der Waals surface area contributed by atoms with Crippen molar-refractivity contribution in [1.82, 2.24) is 4.90 Å². The van der Waals surface area contributed by atoms with Crippen molar-refractivity contribution in [2.75, 3.05) is 26.3 Å². The Kier molecular flexibility index (Phi) is 10.9. The van der Waals surface area contributed by atoms with Crippen LogP contribution in [0, 0.1) is 71.0 Å². The molecule has 9 heteroatoms. The lowest BCUT2D eigenvalue weighted by Gasteiger charge is -2.33. The van der Waals surface area contributed by atoms with Crippen molar-refractivity contribution in [3.05, 3.63) is 0 Å². The predicted octanol–water partition coefficient (Wildman–Crippen LogP) is 3.93. The molecule has 2 heterocycles. The lowest BCUT2D eigenvalue weighted by Crippen LogP contribution is -2.40. The Balaban J connectivity index is 0.000000142. The molecule has 0 radical (unpaired) electrons. The van der Waals surface area contributed by atoms with E-state index in [1.165, 1.54) is 32.1 Å². The van der Waals surface area contributed by atoms with Crippen LogP contribution in [0.5, 0.6) is 0 Å². The minimum absolute atomic E-state index is 0. The third kappa shape index (κ3) is 6.14. The first-order valence-electron chi connectivity index (χ1n) is 17.4. The highest BCUT2D eigenvalue weighted by Gasteiger charge is 2.61. The Morgan fingerprint density at radius 1 is 0.591 bits per heavy atom. The molecular weight excluding hydrogens is 560 g/mol. The summed E-state index contributed by atoms with van der Waals surface area (Å²) in [6, 6.07) is 0. The van der Waals surface area contributed by atoms with E-state index in [9.17, 15) is 24.3 Å². The maximum atomic E-state index is 12.7. The molecule has 12 atom stereocenters. The summed E-state index contributed by atoms with van der Waals surface area (Å²) in [6.45, 7) is 1.85. The smallest absolute Gasteiger partial charge is 0.317 e.